The number of fused-ring (bicyclic) bond motifs is 5. The second kappa shape index (κ2) is 4.81. The first-order valence-electron chi connectivity index (χ1n) is 9.07. The van der Waals surface area contributed by atoms with Crippen LogP contribution in [0.5, 0.6) is 0 Å². The third kappa shape index (κ3) is 1.87. The summed E-state index contributed by atoms with van der Waals surface area (Å²) in [7, 11) is 1.92. The highest BCUT2D eigenvalue weighted by Gasteiger charge is 2.62. The molecule has 3 nitrogen and oxygen atoms in total. The standard InChI is InChI=1S/C19H28FNO2/c1-18-9-7-16(22)21(3)15(18)5-4-11-12(18)6-8-19(2)13(11)10-14(20)17(19)23/h7,9,11-15,17,23H,4-6,8,10H2,1-3H3/t11?,12?,13-,14-,15+,17-,18+,19-/m0/s1. The van der Waals surface area contributed by atoms with Gasteiger partial charge in [0.2, 0.25) is 5.91 Å². The number of amides is 1. The summed E-state index contributed by atoms with van der Waals surface area (Å²) in [6.07, 6.45) is 6.48. The fourth-order valence-corrected chi connectivity index (χ4v) is 6.68. The summed E-state index contributed by atoms with van der Waals surface area (Å²) >= 11 is 0. The van der Waals surface area contributed by atoms with E-state index in [2.05, 4.69) is 19.9 Å². The van der Waals surface area contributed by atoms with Crippen LogP contribution in [0.2, 0.25) is 0 Å². The first-order valence-corrected chi connectivity index (χ1v) is 9.07. The van der Waals surface area contributed by atoms with E-state index >= 15 is 0 Å². The molecular weight excluding hydrogens is 293 g/mol. The van der Waals surface area contributed by atoms with E-state index in [4.69, 9.17) is 0 Å². The minimum Gasteiger partial charge on any atom is -0.390 e. The molecule has 1 amide bonds. The van der Waals surface area contributed by atoms with Gasteiger partial charge in [-0.15, -0.1) is 0 Å². The van der Waals surface area contributed by atoms with E-state index in [0.717, 1.165) is 25.7 Å². The maximum Gasteiger partial charge on any atom is 0.246 e. The van der Waals surface area contributed by atoms with Crippen LogP contribution in [0.15, 0.2) is 12.2 Å². The number of alkyl halides is 1. The van der Waals surface area contributed by atoms with Gasteiger partial charge in [0.05, 0.1) is 6.10 Å². The van der Waals surface area contributed by atoms with Crippen molar-refractivity contribution >= 4 is 5.91 Å². The molecule has 0 radical (unpaired) electrons. The maximum absolute atomic E-state index is 14.2. The zero-order valence-corrected chi connectivity index (χ0v) is 14.3. The number of rotatable bonds is 0. The van der Waals surface area contributed by atoms with Crippen molar-refractivity contribution < 1.29 is 14.3 Å². The highest BCUT2D eigenvalue weighted by molar-refractivity contribution is 5.89. The minimum absolute atomic E-state index is 0.00768. The second-order valence-corrected chi connectivity index (χ2v) is 8.86. The van der Waals surface area contributed by atoms with Crippen LogP contribution in [0.25, 0.3) is 0 Å². The molecule has 1 aliphatic heterocycles. The van der Waals surface area contributed by atoms with E-state index in [1.54, 1.807) is 6.08 Å². The highest BCUT2D eigenvalue weighted by Crippen LogP contribution is 2.64. The van der Waals surface area contributed by atoms with Crippen molar-refractivity contribution in [1.29, 1.82) is 0 Å². The number of hydrogen-bond acceptors (Lipinski definition) is 2. The number of nitrogens with zero attached hydrogens (tertiary/aromatic N) is 1. The minimum atomic E-state index is -1.07. The summed E-state index contributed by atoms with van der Waals surface area (Å²) in [4.78, 5) is 13.9. The fourth-order valence-electron chi connectivity index (χ4n) is 6.68. The highest BCUT2D eigenvalue weighted by atomic mass is 19.1. The molecule has 3 fully saturated rings. The van der Waals surface area contributed by atoms with E-state index in [-0.39, 0.29) is 28.7 Å². The van der Waals surface area contributed by atoms with Gasteiger partial charge in [0.25, 0.3) is 0 Å². The molecule has 8 atom stereocenters. The number of carbonyl (C=O) groups is 1. The Morgan fingerprint density at radius 2 is 2.00 bits per heavy atom. The molecule has 1 heterocycles. The lowest BCUT2D eigenvalue weighted by molar-refractivity contribution is -0.140. The van der Waals surface area contributed by atoms with E-state index in [1.165, 1.54) is 0 Å². The van der Waals surface area contributed by atoms with Crippen molar-refractivity contribution in [2.45, 2.75) is 64.3 Å². The first-order chi connectivity index (χ1) is 10.8. The Labute approximate surface area is 137 Å². The molecular formula is C19H28FNO2. The molecule has 0 aromatic carbocycles. The van der Waals surface area contributed by atoms with E-state index < -0.39 is 12.3 Å². The van der Waals surface area contributed by atoms with Gasteiger partial charge in [-0.25, -0.2) is 4.39 Å². The Bertz CT molecular complexity index is 564. The lowest BCUT2D eigenvalue weighted by Crippen LogP contribution is -2.59. The van der Waals surface area contributed by atoms with Gasteiger partial charge >= 0.3 is 0 Å². The van der Waals surface area contributed by atoms with Gasteiger partial charge in [0.1, 0.15) is 6.17 Å². The molecule has 0 aromatic rings. The van der Waals surface area contributed by atoms with Crippen LogP contribution >= 0.6 is 0 Å². The number of likely N-dealkylation sites (N-methyl/N-ethyl adjacent to an activating group) is 1. The van der Waals surface area contributed by atoms with Crippen molar-refractivity contribution in [1.82, 2.24) is 4.90 Å². The molecule has 3 saturated carbocycles. The van der Waals surface area contributed by atoms with Crippen LogP contribution in [0.4, 0.5) is 4.39 Å². The topological polar surface area (TPSA) is 40.5 Å². The number of hydrogen-bond donors (Lipinski definition) is 1. The Hall–Kier alpha value is -0.900. The van der Waals surface area contributed by atoms with Crippen molar-refractivity contribution in [2.75, 3.05) is 7.05 Å². The normalized spacial score (nSPS) is 55.3. The quantitative estimate of drug-likeness (QED) is 0.745. The Balaban J connectivity index is 1.70. The van der Waals surface area contributed by atoms with Gasteiger partial charge in [-0.2, -0.15) is 0 Å². The van der Waals surface area contributed by atoms with Crippen LogP contribution < -0.4 is 0 Å². The Morgan fingerprint density at radius 1 is 1.26 bits per heavy atom. The van der Waals surface area contributed by atoms with Crippen LogP contribution in [-0.2, 0) is 4.79 Å². The van der Waals surface area contributed by atoms with Crippen molar-refractivity contribution in [3.8, 4) is 0 Å². The molecule has 0 saturated heterocycles. The second-order valence-electron chi connectivity index (χ2n) is 8.86. The third-order valence-corrected chi connectivity index (χ3v) is 8.06. The fraction of sp³-hybridized carbons (Fsp3) is 0.842. The average Bonchev–Trinajstić information content (AvgIpc) is 2.75. The molecule has 128 valence electrons. The number of aliphatic hydroxyl groups excluding tert-OH is 1. The van der Waals surface area contributed by atoms with E-state index in [0.29, 0.717) is 18.3 Å². The molecule has 1 N–H and O–H groups in total. The van der Waals surface area contributed by atoms with Gasteiger partial charge in [0, 0.05) is 18.5 Å². The molecule has 0 spiro atoms. The largest absolute Gasteiger partial charge is 0.390 e. The summed E-state index contributed by atoms with van der Waals surface area (Å²) in [5, 5.41) is 10.4. The van der Waals surface area contributed by atoms with Crippen LogP contribution in [0.3, 0.4) is 0 Å². The lowest BCUT2D eigenvalue weighted by atomic mass is 9.48. The Kier molecular flexibility index (Phi) is 3.27. The van der Waals surface area contributed by atoms with Crippen molar-refractivity contribution in [3.05, 3.63) is 12.2 Å². The molecule has 2 unspecified atom stereocenters. The zero-order valence-electron chi connectivity index (χ0n) is 14.3. The zero-order chi connectivity index (χ0) is 16.6. The first kappa shape index (κ1) is 15.6. The van der Waals surface area contributed by atoms with Crippen LogP contribution in [-0.4, -0.2) is 41.3 Å². The van der Waals surface area contributed by atoms with E-state index in [9.17, 15) is 14.3 Å². The molecule has 4 aliphatic rings. The third-order valence-electron chi connectivity index (χ3n) is 8.06. The predicted octanol–water partition coefficient (Wildman–Crippen LogP) is 2.93. The van der Waals surface area contributed by atoms with E-state index in [1.807, 2.05) is 11.9 Å². The van der Waals surface area contributed by atoms with Gasteiger partial charge in [-0.1, -0.05) is 19.9 Å². The summed E-state index contributed by atoms with van der Waals surface area (Å²) in [6.45, 7) is 4.38. The number of halogens is 1. The molecule has 23 heavy (non-hydrogen) atoms. The summed E-state index contributed by atoms with van der Waals surface area (Å²) in [5.74, 6) is 1.34. The maximum atomic E-state index is 14.2. The van der Waals surface area contributed by atoms with Crippen LogP contribution in [0.1, 0.15) is 46.0 Å². The SMILES string of the molecule is CN1C(=O)C=C[C@]2(C)C3CC[C@@]4(C)[C@@H](C[C@H](F)[C@@H]4O)C3CC[C@@H]12. The van der Waals surface area contributed by atoms with Gasteiger partial charge in [-0.3, -0.25) is 4.79 Å². The molecule has 4 rings (SSSR count). The molecule has 4 heteroatoms. The Morgan fingerprint density at radius 3 is 2.74 bits per heavy atom. The summed E-state index contributed by atoms with van der Waals surface area (Å²) in [6, 6.07) is 0.262. The monoisotopic (exact) mass is 321 g/mol. The van der Waals surface area contributed by atoms with Gasteiger partial charge in [0.15, 0.2) is 0 Å². The van der Waals surface area contributed by atoms with Gasteiger partial charge in [-0.05, 0) is 61.3 Å². The molecule has 3 aliphatic carbocycles. The summed E-state index contributed by atoms with van der Waals surface area (Å²) < 4.78 is 14.2. The predicted molar refractivity (Wildman–Crippen MR) is 86.4 cm³/mol. The van der Waals surface area contributed by atoms with Gasteiger partial charge < -0.3 is 10.0 Å². The number of aliphatic hydroxyl groups is 1. The average molecular weight is 321 g/mol. The van der Waals surface area contributed by atoms with Crippen molar-refractivity contribution in [3.63, 3.8) is 0 Å². The molecule has 0 bridgehead atoms. The van der Waals surface area contributed by atoms with Crippen molar-refractivity contribution in [2.24, 2.45) is 28.6 Å². The molecule has 0 aromatic heterocycles. The summed E-state index contributed by atoms with van der Waals surface area (Å²) in [5.41, 5.74) is -0.268. The lowest BCUT2D eigenvalue weighted by Gasteiger charge is -2.59. The van der Waals surface area contributed by atoms with Crippen LogP contribution in [0, 0.1) is 28.6 Å². The number of carbonyl (C=O) groups excluding carboxylic acids is 1. The smallest absolute Gasteiger partial charge is 0.246 e.